The lowest BCUT2D eigenvalue weighted by atomic mass is 9.85. The summed E-state index contributed by atoms with van der Waals surface area (Å²) in [4.78, 5) is 27.3. The zero-order valence-electron chi connectivity index (χ0n) is 24.3. The maximum Gasteiger partial charge on any atom is 0.351 e. The molecule has 1 saturated heterocycles. The summed E-state index contributed by atoms with van der Waals surface area (Å²) in [5.74, 6) is 1.91. The van der Waals surface area contributed by atoms with Gasteiger partial charge in [-0.25, -0.2) is 9.59 Å². The number of benzene rings is 1. The Labute approximate surface area is 247 Å². The van der Waals surface area contributed by atoms with Gasteiger partial charge in [-0.1, -0.05) is 20.3 Å². The van der Waals surface area contributed by atoms with E-state index in [0.29, 0.717) is 28.4 Å². The predicted octanol–water partition coefficient (Wildman–Crippen LogP) is 3.79. The summed E-state index contributed by atoms with van der Waals surface area (Å²) >= 11 is 1.47. The highest BCUT2D eigenvalue weighted by Crippen LogP contribution is 2.52. The Morgan fingerprint density at radius 2 is 2.00 bits per heavy atom. The predicted molar refractivity (Wildman–Crippen MR) is 161 cm³/mol. The third-order valence-corrected chi connectivity index (χ3v) is 8.78. The highest BCUT2D eigenvalue weighted by atomic mass is 32.2. The molecule has 0 saturated carbocycles. The van der Waals surface area contributed by atoms with Gasteiger partial charge in [0.05, 0.1) is 29.2 Å². The Bertz CT molecular complexity index is 1630. The summed E-state index contributed by atoms with van der Waals surface area (Å²) in [6.07, 6.45) is 5.83. The first-order valence-corrected chi connectivity index (χ1v) is 15.1. The maximum absolute atomic E-state index is 12.3. The van der Waals surface area contributed by atoms with Crippen LogP contribution in [0, 0.1) is 5.92 Å². The Morgan fingerprint density at radius 1 is 1.24 bits per heavy atom. The van der Waals surface area contributed by atoms with E-state index in [1.54, 1.807) is 12.3 Å². The number of ether oxygens (including phenoxy) is 3. The second-order valence-electron chi connectivity index (χ2n) is 11.3. The van der Waals surface area contributed by atoms with E-state index in [-0.39, 0.29) is 36.1 Å². The zero-order valence-corrected chi connectivity index (χ0v) is 25.1. The van der Waals surface area contributed by atoms with Gasteiger partial charge < -0.3 is 34.6 Å². The third kappa shape index (κ3) is 5.68. The maximum atomic E-state index is 12.3. The van der Waals surface area contributed by atoms with Crippen LogP contribution in [-0.2, 0) is 11.2 Å². The number of nitrogens with two attached hydrogens (primary N) is 1. The summed E-state index contributed by atoms with van der Waals surface area (Å²) in [5.41, 5.74) is 6.40. The van der Waals surface area contributed by atoms with E-state index in [9.17, 15) is 14.7 Å². The third-order valence-electron chi connectivity index (χ3n) is 7.67. The lowest BCUT2D eigenvalue weighted by Gasteiger charge is -2.37. The van der Waals surface area contributed by atoms with Crippen LogP contribution in [0.5, 0.6) is 11.5 Å². The van der Waals surface area contributed by atoms with E-state index in [2.05, 4.69) is 11.9 Å². The molecule has 5 heterocycles. The number of rotatable bonds is 4. The molecule has 0 amide bonds. The number of aliphatic hydroxyl groups excluding tert-OH is 2. The number of hydrogen-bond donors (Lipinski definition) is 3. The molecule has 11 nitrogen and oxygen atoms in total. The van der Waals surface area contributed by atoms with Crippen LogP contribution < -0.4 is 26.5 Å². The van der Waals surface area contributed by atoms with E-state index in [4.69, 9.17) is 29.5 Å². The normalized spacial score (nSPS) is 25.5. The molecule has 0 radical (unpaired) electrons. The summed E-state index contributed by atoms with van der Waals surface area (Å²) in [5, 5.41) is 20.7. The van der Waals surface area contributed by atoms with Crippen molar-refractivity contribution in [2.75, 3.05) is 18.1 Å². The number of nitrogens with zero attached hydrogens (tertiary/aromatic N) is 2. The average Bonchev–Trinajstić information content (AvgIpc) is 3.40. The summed E-state index contributed by atoms with van der Waals surface area (Å²) < 4.78 is 24.9. The molecule has 3 aromatic rings. The van der Waals surface area contributed by atoms with Gasteiger partial charge in [-0.3, -0.25) is 4.57 Å². The monoisotopic (exact) mass is 599 g/mol. The number of fused-ring (bicyclic) bond motifs is 6. The largest absolute Gasteiger partial charge is 0.489 e. The van der Waals surface area contributed by atoms with Crippen molar-refractivity contribution in [2.24, 2.45) is 5.92 Å². The van der Waals surface area contributed by atoms with Gasteiger partial charge in [0.25, 0.3) is 0 Å². The molecular formula is C30H37N3O8S. The highest BCUT2D eigenvalue weighted by molar-refractivity contribution is 8.00. The molecule has 3 aliphatic rings. The van der Waals surface area contributed by atoms with Crippen LogP contribution in [0.4, 0.5) is 5.82 Å². The minimum Gasteiger partial charge on any atom is -0.489 e. The lowest BCUT2D eigenvalue weighted by Crippen LogP contribution is -2.34. The molecule has 1 fully saturated rings. The Kier molecular flexibility index (Phi) is 8.44. The molecule has 3 aliphatic heterocycles. The Hall–Kier alpha value is -3.32. The van der Waals surface area contributed by atoms with Gasteiger partial charge in [0.15, 0.2) is 5.58 Å². The molecule has 42 heavy (non-hydrogen) atoms. The quantitative estimate of drug-likeness (QED) is 0.375. The van der Waals surface area contributed by atoms with Crippen LogP contribution in [0.1, 0.15) is 70.1 Å². The Balaban J connectivity index is 0.000000199. The molecule has 12 heteroatoms. The first-order valence-electron chi connectivity index (χ1n) is 14.1. The number of aromatic nitrogens is 2. The van der Waals surface area contributed by atoms with Crippen LogP contribution in [0.3, 0.4) is 0 Å². The second-order valence-corrected chi connectivity index (χ2v) is 12.5. The van der Waals surface area contributed by atoms with Crippen molar-refractivity contribution < 1.29 is 28.8 Å². The molecule has 0 spiro atoms. The molecule has 0 bridgehead atoms. The number of nitrogen functional groups attached to an aromatic ring is 1. The second kappa shape index (κ2) is 11.8. The number of thioether (sulfide) groups is 1. The fraction of sp³-hybridized carbons (Fsp3) is 0.500. The molecule has 226 valence electrons. The van der Waals surface area contributed by atoms with Crippen molar-refractivity contribution >= 4 is 34.6 Å². The average molecular weight is 600 g/mol. The molecule has 6 rings (SSSR count). The van der Waals surface area contributed by atoms with Gasteiger partial charge in [-0.2, -0.15) is 4.98 Å². The van der Waals surface area contributed by atoms with Crippen molar-refractivity contribution in [3.8, 4) is 11.5 Å². The first kappa shape index (κ1) is 30.1. The minimum atomic E-state index is -0.778. The number of hydrogen-bond acceptors (Lipinski definition) is 11. The van der Waals surface area contributed by atoms with Crippen molar-refractivity contribution in [1.29, 1.82) is 0 Å². The fourth-order valence-electron chi connectivity index (χ4n) is 5.31. The van der Waals surface area contributed by atoms with Crippen LogP contribution in [-0.4, -0.2) is 49.3 Å². The van der Waals surface area contributed by atoms with Gasteiger partial charge >= 0.3 is 11.3 Å². The van der Waals surface area contributed by atoms with Gasteiger partial charge in [0.2, 0.25) is 0 Å². The fourth-order valence-corrected chi connectivity index (χ4v) is 6.24. The SMILES string of the molecule is CCCc1cc(=O)oc2c3c(c4c(c12)OC(C)(C)C=C4)O[C@H](C)[C@@H](C)[C@@H]3O.Nc1ccn([C@H]2CS[C@H](CO)O2)c(=O)n1. The summed E-state index contributed by atoms with van der Waals surface area (Å²) in [6, 6.07) is 3.08. The van der Waals surface area contributed by atoms with Crippen molar-refractivity contribution in [1.82, 2.24) is 9.55 Å². The van der Waals surface area contributed by atoms with Crippen LogP contribution >= 0.6 is 11.8 Å². The zero-order chi connectivity index (χ0) is 30.3. The van der Waals surface area contributed by atoms with E-state index in [1.165, 1.54) is 22.4 Å². The first-order chi connectivity index (χ1) is 19.9. The smallest absolute Gasteiger partial charge is 0.351 e. The van der Waals surface area contributed by atoms with E-state index < -0.39 is 23.0 Å². The minimum absolute atomic E-state index is 0.0572. The molecule has 0 unspecified atom stereocenters. The molecular weight excluding hydrogens is 562 g/mol. The summed E-state index contributed by atoms with van der Waals surface area (Å²) in [7, 11) is 0. The van der Waals surface area contributed by atoms with Gasteiger partial charge in [0.1, 0.15) is 40.7 Å². The lowest BCUT2D eigenvalue weighted by molar-refractivity contribution is -0.00629. The molecule has 0 aliphatic carbocycles. The van der Waals surface area contributed by atoms with Gasteiger partial charge in [-0.15, -0.1) is 11.8 Å². The molecule has 4 N–H and O–H groups in total. The van der Waals surface area contributed by atoms with Crippen LogP contribution in [0.2, 0.25) is 0 Å². The van der Waals surface area contributed by atoms with Crippen LogP contribution in [0.25, 0.3) is 17.0 Å². The van der Waals surface area contributed by atoms with E-state index in [0.717, 1.165) is 29.4 Å². The van der Waals surface area contributed by atoms with Gasteiger partial charge in [-0.05, 0) is 51.0 Å². The number of anilines is 1. The topological polar surface area (TPSA) is 159 Å². The number of aryl methyl sites for hydroxylation is 1. The van der Waals surface area contributed by atoms with Gasteiger partial charge in [0, 0.05) is 23.9 Å². The molecule has 1 aromatic carbocycles. The molecule has 5 atom stereocenters. The van der Waals surface area contributed by atoms with E-state index >= 15 is 0 Å². The van der Waals surface area contributed by atoms with Crippen molar-refractivity contribution in [2.45, 2.75) is 76.9 Å². The van der Waals surface area contributed by atoms with Crippen molar-refractivity contribution in [3.05, 3.63) is 62.0 Å². The van der Waals surface area contributed by atoms with Crippen LogP contribution in [0.15, 0.2) is 38.4 Å². The summed E-state index contributed by atoms with van der Waals surface area (Å²) in [6.45, 7) is 9.85. The Morgan fingerprint density at radius 3 is 2.67 bits per heavy atom. The standard InChI is InChI=1S/C22H26O5.C8H11N3O3S/c1-6-7-13-10-15(23)26-21-16(13)20-14(8-9-22(4,5)27-20)19-17(21)18(24)11(2)12(3)25-19;9-5-1-2-11(8(13)10-5)6-4-15-7(3-12)14-6/h8-12,18,24H,6-7H2,1-5H3;1-2,6-7,12H,3-4H2,(H2,9,10,13)/t11-,12-,18+;6-,7-/m11/s1. The van der Waals surface area contributed by atoms with Crippen molar-refractivity contribution in [3.63, 3.8) is 0 Å². The molecule has 2 aromatic heterocycles. The number of aliphatic hydroxyl groups is 2. The highest BCUT2D eigenvalue weighted by Gasteiger charge is 2.39. The van der Waals surface area contributed by atoms with E-state index in [1.807, 2.05) is 39.8 Å².